The molecule has 0 saturated carbocycles. The predicted molar refractivity (Wildman–Crippen MR) is 117 cm³/mol. The van der Waals surface area contributed by atoms with E-state index in [4.69, 9.17) is 4.18 Å². The van der Waals surface area contributed by atoms with Gasteiger partial charge in [0.05, 0.1) is 5.75 Å². The first-order valence-corrected chi connectivity index (χ1v) is 11.5. The van der Waals surface area contributed by atoms with Crippen LogP contribution in [0, 0.1) is 0 Å². The van der Waals surface area contributed by atoms with E-state index in [1.807, 2.05) is 38.1 Å². The van der Waals surface area contributed by atoms with E-state index in [-0.39, 0.29) is 23.6 Å². The molecule has 0 radical (unpaired) electrons. The maximum absolute atomic E-state index is 12.9. The van der Waals surface area contributed by atoms with Gasteiger partial charge in [-0.25, -0.2) is 4.79 Å². The van der Waals surface area contributed by atoms with Gasteiger partial charge in [-0.3, -0.25) is 0 Å². The first kappa shape index (κ1) is 22.7. The van der Waals surface area contributed by atoms with Crippen molar-refractivity contribution in [1.82, 2.24) is 4.90 Å². The Morgan fingerprint density at radius 2 is 1.59 bits per heavy atom. The van der Waals surface area contributed by atoms with Crippen LogP contribution in [0.3, 0.4) is 0 Å². The summed E-state index contributed by atoms with van der Waals surface area (Å²) in [6.45, 7) is 8.07. The Balaban J connectivity index is 2.10. The lowest BCUT2D eigenvalue weighted by molar-refractivity contribution is 0.187. The molecule has 0 aliphatic heterocycles. The Morgan fingerprint density at radius 3 is 2.10 bits per heavy atom. The molecule has 0 spiro atoms. The van der Waals surface area contributed by atoms with Crippen LogP contribution >= 0.6 is 0 Å². The monoisotopic (exact) mass is 418 g/mol. The van der Waals surface area contributed by atoms with Crippen molar-refractivity contribution in [2.75, 3.05) is 11.1 Å². The molecule has 2 aromatic carbocycles. The van der Waals surface area contributed by atoms with Crippen LogP contribution in [0.4, 0.5) is 10.5 Å². The van der Waals surface area contributed by atoms with Gasteiger partial charge in [0.2, 0.25) is 0 Å². The molecule has 0 aliphatic carbocycles. The minimum Gasteiger partial charge on any atom is -0.382 e. The average Bonchev–Trinajstić information content (AvgIpc) is 2.73. The number of anilines is 1. The highest BCUT2D eigenvalue weighted by molar-refractivity contribution is 7.87. The van der Waals surface area contributed by atoms with E-state index in [0.29, 0.717) is 6.54 Å². The third kappa shape index (κ3) is 6.78. The van der Waals surface area contributed by atoms with Gasteiger partial charge in [0, 0.05) is 18.3 Å². The molecule has 0 heterocycles. The second-order valence-electron chi connectivity index (χ2n) is 6.94. The van der Waals surface area contributed by atoms with E-state index < -0.39 is 10.1 Å². The molecule has 1 atom stereocenters. The van der Waals surface area contributed by atoms with Gasteiger partial charge in [0.15, 0.2) is 0 Å². The Kier molecular flexibility index (Phi) is 8.08. The molecule has 2 amide bonds. The van der Waals surface area contributed by atoms with Gasteiger partial charge < -0.3 is 14.4 Å². The third-order valence-corrected chi connectivity index (χ3v) is 6.00. The van der Waals surface area contributed by atoms with Crippen LogP contribution in [0.1, 0.15) is 45.2 Å². The fourth-order valence-corrected chi connectivity index (χ4v) is 3.24. The highest BCUT2D eigenvalue weighted by atomic mass is 32.2. The number of benzene rings is 2. The van der Waals surface area contributed by atoms with Crippen LogP contribution in [0.2, 0.25) is 0 Å². The van der Waals surface area contributed by atoms with Crippen molar-refractivity contribution >= 4 is 21.8 Å². The number of rotatable bonds is 9. The van der Waals surface area contributed by atoms with Crippen LogP contribution in [0.25, 0.3) is 0 Å². The third-order valence-electron chi connectivity index (χ3n) is 4.85. The van der Waals surface area contributed by atoms with E-state index in [1.54, 1.807) is 29.2 Å². The maximum atomic E-state index is 12.9. The van der Waals surface area contributed by atoms with Crippen molar-refractivity contribution < 1.29 is 17.4 Å². The number of amides is 2. The quantitative estimate of drug-likeness (QED) is 0.593. The molecular formula is C22H30N2O4S. The summed E-state index contributed by atoms with van der Waals surface area (Å²) in [5.74, 6) is 0.182. The average molecular weight is 419 g/mol. The van der Waals surface area contributed by atoms with Crippen molar-refractivity contribution in [2.45, 2.75) is 53.1 Å². The summed E-state index contributed by atoms with van der Waals surface area (Å²) >= 11 is 0. The smallest absolute Gasteiger partial charge is 0.322 e. The van der Waals surface area contributed by atoms with Gasteiger partial charge in [-0.05, 0) is 62.1 Å². The molecule has 7 heteroatoms. The molecule has 29 heavy (non-hydrogen) atoms. The van der Waals surface area contributed by atoms with E-state index in [1.165, 1.54) is 12.5 Å². The second-order valence-corrected chi connectivity index (χ2v) is 8.80. The lowest BCUT2D eigenvalue weighted by Crippen LogP contribution is -2.40. The molecule has 1 N–H and O–H groups in total. The molecule has 0 aromatic heterocycles. The molecule has 0 fully saturated rings. The van der Waals surface area contributed by atoms with Crippen molar-refractivity contribution in [2.24, 2.45) is 0 Å². The SMILES string of the molecule is CCc1ccc(NC(=O)N(Cc2ccc(OS(=O)(=O)CC)cc2)C(C)CC)cc1. The van der Waals surface area contributed by atoms with E-state index >= 15 is 0 Å². The van der Waals surface area contributed by atoms with Crippen LogP contribution in [-0.4, -0.2) is 31.1 Å². The molecule has 158 valence electrons. The summed E-state index contributed by atoms with van der Waals surface area (Å²) in [6, 6.07) is 14.5. The number of urea groups is 1. The highest BCUT2D eigenvalue weighted by Crippen LogP contribution is 2.19. The highest BCUT2D eigenvalue weighted by Gasteiger charge is 2.20. The van der Waals surface area contributed by atoms with E-state index in [0.717, 1.165) is 24.1 Å². The van der Waals surface area contributed by atoms with Gasteiger partial charge in [-0.15, -0.1) is 0 Å². The normalized spacial score (nSPS) is 12.3. The molecule has 6 nitrogen and oxygen atoms in total. The molecule has 0 saturated heterocycles. The van der Waals surface area contributed by atoms with Gasteiger partial charge in [0.1, 0.15) is 5.75 Å². The number of carbonyl (C=O) groups is 1. The van der Waals surface area contributed by atoms with Crippen LogP contribution in [0.15, 0.2) is 48.5 Å². The summed E-state index contributed by atoms with van der Waals surface area (Å²) in [6.07, 6.45) is 1.77. The fraction of sp³-hybridized carbons (Fsp3) is 0.409. The second kappa shape index (κ2) is 10.3. The number of carbonyl (C=O) groups excluding carboxylic acids is 1. The van der Waals surface area contributed by atoms with Gasteiger partial charge >= 0.3 is 16.1 Å². The molecule has 0 bridgehead atoms. The molecular weight excluding hydrogens is 388 g/mol. The summed E-state index contributed by atoms with van der Waals surface area (Å²) in [5, 5.41) is 2.96. The Bertz CT molecular complexity index is 893. The van der Waals surface area contributed by atoms with E-state index in [2.05, 4.69) is 12.2 Å². The Labute approximate surface area is 174 Å². The Hall–Kier alpha value is -2.54. The van der Waals surface area contributed by atoms with Crippen LogP contribution in [0.5, 0.6) is 5.75 Å². The first-order valence-electron chi connectivity index (χ1n) is 9.95. The van der Waals surface area contributed by atoms with Crippen molar-refractivity contribution in [3.8, 4) is 5.75 Å². The van der Waals surface area contributed by atoms with Crippen molar-refractivity contribution in [3.63, 3.8) is 0 Å². The number of nitrogens with zero attached hydrogens (tertiary/aromatic N) is 1. The number of aryl methyl sites for hydroxylation is 1. The summed E-state index contributed by atoms with van der Waals surface area (Å²) in [4.78, 5) is 14.6. The zero-order valence-electron chi connectivity index (χ0n) is 17.5. The zero-order chi connectivity index (χ0) is 21.4. The molecule has 0 aliphatic rings. The van der Waals surface area contributed by atoms with Crippen molar-refractivity contribution in [1.29, 1.82) is 0 Å². The standard InChI is InChI=1S/C22H30N2O4S/c1-5-17(4)24(22(25)23-20-12-8-18(6-2)9-13-20)16-19-10-14-21(15-11-19)28-29(26,27)7-3/h8-15,17H,5-7,16H2,1-4H3,(H,23,25). The zero-order valence-corrected chi connectivity index (χ0v) is 18.3. The van der Waals surface area contributed by atoms with E-state index in [9.17, 15) is 13.2 Å². The summed E-state index contributed by atoms with van der Waals surface area (Å²) in [7, 11) is -3.55. The number of hydrogen-bond donors (Lipinski definition) is 1. The van der Waals surface area contributed by atoms with Gasteiger partial charge in [0.25, 0.3) is 0 Å². The maximum Gasteiger partial charge on any atom is 0.322 e. The summed E-state index contributed by atoms with van der Waals surface area (Å²) in [5.41, 5.74) is 2.87. The molecule has 1 unspecified atom stereocenters. The lowest BCUT2D eigenvalue weighted by Gasteiger charge is -2.29. The molecule has 2 rings (SSSR count). The predicted octanol–water partition coefficient (Wildman–Crippen LogP) is 4.81. The topological polar surface area (TPSA) is 75.7 Å². The summed E-state index contributed by atoms with van der Waals surface area (Å²) < 4.78 is 28.2. The van der Waals surface area contributed by atoms with Crippen LogP contribution < -0.4 is 9.50 Å². The lowest BCUT2D eigenvalue weighted by atomic mass is 10.1. The largest absolute Gasteiger partial charge is 0.382 e. The first-order chi connectivity index (χ1) is 13.8. The minimum absolute atomic E-state index is 0.0429. The molecule has 2 aromatic rings. The van der Waals surface area contributed by atoms with Gasteiger partial charge in [-0.2, -0.15) is 8.42 Å². The van der Waals surface area contributed by atoms with Crippen LogP contribution in [-0.2, 0) is 23.1 Å². The fourth-order valence-electron chi connectivity index (χ4n) is 2.72. The Morgan fingerprint density at radius 1 is 1.00 bits per heavy atom. The number of nitrogens with one attached hydrogen (secondary N) is 1. The number of hydrogen-bond acceptors (Lipinski definition) is 4. The van der Waals surface area contributed by atoms with Crippen molar-refractivity contribution in [3.05, 3.63) is 59.7 Å². The minimum atomic E-state index is -3.55. The van der Waals surface area contributed by atoms with Gasteiger partial charge in [-0.1, -0.05) is 38.1 Å².